The Morgan fingerprint density at radius 2 is 2.05 bits per heavy atom. The first kappa shape index (κ1) is 12.4. The van der Waals surface area contributed by atoms with E-state index < -0.39 is 0 Å². The molecule has 1 N–H and O–H groups in total. The Morgan fingerprint density at radius 3 is 2.75 bits per heavy atom. The summed E-state index contributed by atoms with van der Waals surface area (Å²) in [6.45, 7) is 10.5. The summed E-state index contributed by atoms with van der Waals surface area (Å²) in [4.78, 5) is 14.0. The second kappa shape index (κ2) is 5.59. The number of hydrogen-bond donors (Lipinski definition) is 1. The second-order valence-electron chi connectivity index (χ2n) is 4.40. The average Bonchev–Trinajstić information content (AvgIpc) is 2.56. The van der Waals surface area contributed by atoms with Crippen LogP contribution >= 0.6 is 0 Å². The summed E-state index contributed by atoms with van der Waals surface area (Å²) >= 11 is 0. The van der Waals surface area contributed by atoms with Gasteiger partial charge < -0.3 is 15.1 Å². The van der Waals surface area contributed by atoms with E-state index >= 15 is 0 Å². The van der Waals surface area contributed by atoms with Gasteiger partial charge in [0.05, 0.1) is 11.9 Å². The minimum absolute atomic E-state index is 0.373. The third-order valence-electron chi connectivity index (χ3n) is 3.11. The number of aromatic nitrogens is 4. The number of pyridine rings is 1. The molecular formula is C13H13N7. The van der Waals surface area contributed by atoms with Crippen LogP contribution in [0.25, 0.3) is 16.1 Å². The molecule has 0 bridgehead atoms. The fraction of sp³-hybridized carbons (Fsp3) is 0.308. The summed E-state index contributed by atoms with van der Waals surface area (Å²) in [5.74, 6) is 1.01. The van der Waals surface area contributed by atoms with Crippen LogP contribution in [-0.4, -0.2) is 46.3 Å². The zero-order valence-electron chi connectivity index (χ0n) is 10.8. The lowest BCUT2D eigenvalue weighted by atomic mass is 10.2. The van der Waals surface area contributed by atoms with E-state index in [1.165, 1.54) is 0 Å². The van der Waals surface area contributed by atoms with Gasteiger partial charge in [-0.05, 0) is 6.07 Å². The molecule has 20 heavy (non-hydrogen) atoms. The summed E-state index contributed by atoms with van der Waals surface area (Å²) < 4.78 is 0. The molecule has 1 saturated heterocycles. The van der Waals surface area contributed by atoms with Crippen molar-refractivity contribution in [1.82, 2.24) is 25.5 Å². The maximum Gasteiger partial charge on any atom is 0.269 e. The molecule has 100 valence electrons. The van der Waals surface area contributed by atoms with Crippen molar-refractivity contribution >= 4 is 11.8 Å². The zero-order valence-corrected chi connectivity index (χ0v) is 10.8. The first-order valence-corrected chi connectivity index (χ1v) is 6.36. The van der Waals surface area contributed by atoms with Crippen molar-refractivity contribution in [2.45, 2.75) is 0 Å². The van der Waals surface area contributed by atoms with Crippen molar-refractivity contribution in [3.8, 4) is 11.3 Å². The Morgan fingerprint density at radius 1 is 1.20 bits per heavy atom. The van der Waals surface area contributed by atoms with E-state index in [0.717, 1.165) is 37.4 Å². The molecule has 0 atom stereocenters. The van der Waals surface area contributed by atoms with Crippen LogP contribution in [0.1, 0.15) is 0 Å². The maximum atomic E-state index is 6.90. The second-order valence-corrected chi connectivity index (χ2v) is 4.40. The summed E-state index contributed by atoms with van der Waals surface area (Å²) in [5.41, 5.74) is 1.56. The Balaban J connectivity index is 1.88. The van der Waals surface area contributed by atoms with Crippen LogP contribution < -0.4 is 10.2 Å². The highest BCUT2D eigenvalue weighted by atomic mass is 15.3. The van der Waals surface area contributed by atoms with Crippen molar-refractivity contribution < 1.29 is 0 Å². The largest absolute Gasteiger partial charge is 0.361 e. The minimum atomic E-state index is 0.373. The molecule has 0 aromatic carbocycles. The number of nitrogens with zero attached hydrogens (tertiary/aromatic N) is 6. The van der Waals surface area contributed by atoms with Crippen LogP contribution in [0.5, 0.6) is 0 Å². The van der Waals surface area contributed by atoms with Gasteiger partial charge >= 0.3 is 0 Å². The fourth-order valence-corrected chi connectivity index (χ4v) is 2.04. The Kier molecular flexibility index (Phi) is 3.48. The van der Waals surface area contributed by atoms with Gasteiger partial charge in [-0.15, -0.1) is 10.1 Å². The van der Waals surface area contributed by atoms with Gasteiger partial charge in [-0.1, -0.05) is 12.6 Å². The first-order valence-electron chi connectivity index (χ1n) is 6.36. The van der Waals surface area contributed by atoms with Crippen molar-refractivity contribution in [2.24, 2.45) is 0 Å². The lowest BCUT2D eigenvalue weighted by Crippen LogP contribution is -2.44. The molecule has 7 heteroatoms. The molecule has 0 saturated carbocycles. The smallest absolute Gasteiger partial charge is 0.269 e. The fourth-order valence-electron chi connectivity index (χ4n) is 2.04. The van der Waals surface area contributed by atoms with Gasteiger partial charge in [0.15, 0.2) is 0 Å². The van der Waals surface area contributed by atoms with Crippen molar-refractivity contribution in [3.05, 3.63) is 35.9 Å². The lowest BCUT2D eigenvalue weighted by Gasteiger charge is -2.26. The van der Waals surface area contributed by atoms with Gasteiger partial charge in [-0.2, -0.15) is 5.10 Å². The van der Waals surface area contributed by atoms with Crippen LogP contribution in [0.2, 0.25) is 0 Å². The molecular weight excluding hydrogens is 254 g/mol. The predicted molar refractivity (Wildman–Crippen MR) is 74.4 cm³/mol. The third kappa shape index (κ3) is 2.55. The Bertz CT molecular complexity index is 626. The molecule has 0 spiro atoms. The number of piperazine rings is 1. The van der Waals surface area contributed by atoms with E-state index in [4.69, 9.17) is 6.57 Å². The van der Waals surface area contributed by atoms with Crippen LogP contribution in [0, 0.1) is 6.57 Å². The zero-order chi connectivity index (χ0) is 13.8. The van der Waals surface area contributed by atoms with Gasteiger partial charge in [0.1, 0.15) is 6.20 Å². The van der Waals surface area contributed by atoms with E-state index in [0.29, 0.717) is 11.8 Å². The summed E-state index contributed by atoms with van der Waals surface area (Å²) in [6.07, 6.45) is 3.25. The van der Waals surface area contributed by atoms with Crippen LogP contribution in [-0.2, 0) is 0 Å². The van der Waals surface area contributed by atoms with E-state index in [1.54, 1.807) is 18.5 Å². The molecule has 1 fully saturated rings. The van der Waals surface area contributed by atoms with Gasteiger partial charge in [-0.25, -0.2) is 4.98 Å². The maximum absolute atomic E-state index is 6.90. The molecule has 0 unspecified atom stereocenters. The van der Waals surface area contributed by atoms with Gasteiger partial charge in [0.2, 0.25) is 5.95 Å². The van der Waals surface area contributed by atoms with E-state index in [2.05, 4.69) is 35.2 Å². The van der Waals surface area contributed by atoms with E-state index in [1.807, 2.05) is 6.07 Å². The highest BCUT2D eigenvalue weighted by Gasteiger charge is 2.14. The monoisotopic (exact) mass is 267 g/mol. The third-order valence-corrected chi connectivity index (χ3v) is 3.11. The molecule has 0 amide bonds. The molecule has 1 aliphatic rings. The van der Waals surface area contributed by atoms with Crippen LogP contribution in [0.4, 0.5) is 11.8 Å². The SMILES string of the molecule is [C-]#[N+]c1ccc(-c2cnnc(N3CCNCC3)n2)cn1. The van der Waals surface area contributed by atoms with E-state index in [9.17, 15) is 0 Å². The van der Waals surface area contributed by atoms with Gasteiger partial charge in [0.25, 0.3) is 5.82 Å². The van der Waals surface area contributed by atoms with Crippen LogP contribution in [0.15, 0.2) is 24.5 Å². The Labute approximate surface area is 116 Å². The number of anilines is 1. The molecule has 3 rings (SSSR count). The quantitative estimate of drug-likeness (QED) is 0.815. The number of hydrogen-bond acceptors (Lipinski definition) is 6. The average molecular weight is 267 g/mol. The molecule has 0 aliphatic carbocycles. The highest BCUT2D eigenvalue weighted by Crippen LogP contribution is 2.19. The molecule has 2 aromatic rings. The number of nitrogens with one attached hydrogen (secondary N) is 1. The van der Waals surface area contributed by atoms with Crippen molar-refractivity contribution in [2.75, 3.05) is 31.1 Å². The molecule has 2 aromatic heterocycles. The van der Waals surface area contributed by atoms with Gasteiger partial charge in [-0.3, -0.25) is 0 Å². The molecule has 7 nitrogen and oxygen atoms in total. The minimum Gasteiger partial charge on any atom is -0.361 e. The molecule has 3 heterocycles. The normalized spacial score (nSPS) is 14.8. The van der Waals surface area contributed by atoms with Crippen molar-refractivity contribution in [3.63, 3.8) is 0 Å². The van der Waals surface area contributed by atoms with Crippen molar-refractivity contribution in [1.29, 1.82) is 0 Å². The summed E-state index contributed by atoms with van der Waals surface area (Å²) in [7, 11) is 0. The summed E-state index contributed by atoms with van der Waals surface area (Å²) in [5, 5.41) is 11.4. The Hall–Kier alpha value is -2.59. The van der Waals surface area contributed by atoms with Gasteiger partial charge in [0, 0.05) is 31.7 Å². The number of rotatable bonds is 2. The van der Waals surface area contributed by atoms with Crippen LogP contribution in [0.3, 0.4) is 0 Å². The lowest BCUT2D eigenvalue weighted by molar-refractivity contribution is 0.577. The first-order chi connectivity index (χ1) is 9.86. The van der Waals surface area contributed by atoms with E-state index in [-0.39, 0.29) is 0 Å². The summed E-state index contributed by atoms with van der Waals surface area (Å²) in [6, 6.07) is 3.50. The molecule has 1 aliphatic heterocycles. The topological polar surface area (TPSA) is 71.2 Å². The molecule has 0 radical (unpaired) electrons. The standard InChI is InChI=1S/C13H13N7/c1-14-12-3-2-10(8-16-12)11-9-17-19-13(18-11)20-6-4-15-5-7-20/h2-3,8-9,15H,4-7H2. The highest BCUT2D eigenvalue weighted by molar-refractivity contribution is 5.60. The predicted octanol–water partition coefficient (Wildman–Crippen LogP) is 0.894.